The molecule has 9 aromatic carbocycles. The molecule has 0 aliphatic carbocycles. The van der Waals surface area contributed by atoms with Crippen molar-refractivity contribution < 1.29 is 26.3 Å². The Hall–Kier alpha value is -8.24. The molecule has 3 aromatic heterocycles. The molecule has 12 rings (SSSR count). The standard InChI is InChI=1S/C56H32F6N4/c57-55(58,59)36-30-35(31-37(32-36)56(60,61)62)52-45-29-26-33-12-4-5-15-40(33)53(45)64-54(63-52)34-24-27-39(28-25-34)66-47-21-9-7-17-44(47)51-42(19-11-23-49(51)66)41-18-10-22-48-50(41)43-16-6-8-20-46(43)65(48)38-13-2-1-3-14-38/h1-32H. The van der Waals surface area contributed by atoms with Gasteiger partial charge in [-0.2, -0.15) is 26.3 Å². The Morgan fingerprint density at radius 2 is 0.864 bits per heavy atom. The number of hydrogen-bond donors (Lipinski definition) is 0. The summed E-state index contributed by atoms with van der Waals surface area (Å²) in [5, 5.41) is 6.24. The molecule has 0 radical (unpaired) electrons. The Kier molecular flexibility index (Phi) is 8.74. The van der Waals surface area contributed by atoms with Crippen molar-refractivity contribution in [3.63, 3.8) is 0 Å². The van der Waals surface area contributed by atoms with Crippen molar-refractivity contribution >= 4 is 65.3 Å². The van der Waals surface area contributed by atoms with Crippen LogP contribution in [-0.4, -0.2) is 19.1 Å². The number of para-hydroxylation sites is 3. The first-order valence-electron chi connectivity index (χ1n) is 21.2. The highest BCUT2D eigenvalue weighted by Crippen LogP contribution is 2.45. The van der Waals surface area contributed by atoms with E-state index in [2.05, 4.69) is 94.1 Å². The van der Waals surface area contributed by atoms with E-state index in [1.165, 1.54) is 0 Å². The van der Waals surface area contributed by atoms with Crippen LogP contribution in [0.2, 0.25) is 0 Å². The average molecular weight is 875 g/mol. The van der Waals surface area contributed by atoms with Gasteiger partial charge in [0.25, 0.3) is 0 Å². The highest BCUT2D eigenvalue weighted by molar-refractivity contribution is 6.22. The molecule has 0 saturated heterocycles. The van der Waals surface area contributed by atoms with Gasteiger partial charge in [0.15, 0.2) is 5.82 Å². The van der Waals surface area contributed by atoms with E-state index >= 15 is 0 Å². The number of benzene rings is 9. The number of halogens is 6. The van der Waals surface area contributed by atoms with E-state index < -0.39 is 23.5 Å². The third-order valence-corrected chi connectivity index (χ3v) is 12.5. The van der Waals surface area contributed by atoms with Gasteiger partial charge in [-0.15, -0.1) is 0 Å². The average Bonchev–Trinajstić information content (AvgIpc) is 3.87. The Balaban J connectivity index is 1.04. The van der Waals surface area contributed by atoms with Gasteiger partial charge in [0.1, 0.15) is 0 Å². The van der Waals surface area contributed by atoms with Gasteiger partial charge >= 0.3 is 12.4 Å². The molecule has 0 unspecified atom stereocenters. The third kappa shape index (κ3) is 6.23. The minimum absolute atomic E-state index is 0.0433. The van der Waals surface area contributed by atoms with Gasteiger partial charge in [0.05, 0.1) is 44.4 Å². The fourth-order valence-electron chi connectivity index (χ4n) is 9.69. The van der Waals surface area contributed by atoms with Gasteiger partial charge in [-0.1, -0.05) is 109 Å². The lowest BCUT2D eigenvalue weighted by Gasteiger charge is -2.16. The Labute approximate surface area is 372 Å². The van der Waals surface area contributed by atoms with E-state index in [9.17, 15) is 26.3 Å². The zero-order chi connectivity index (χ0) is 44.9. The molecule has 4 nitrogen and oxygen atoms in total. The van der Waals surface area contributed by atoms with Crippen molar-refractivity contribution in [1.82, 2.24) is 19.1 Å². The molecular formula is C56H32F6N4. The number of alkyl halides is 6. The van der Waals surface area contributed by atoms with Crippen LogP contribution in [0.4, 0.5) is 26.3 Å². The molecule has 0 fully saturated rings. The summed E-state index contributed by atoms with van der Waals surface area (Å²) in [7, 11) is 0. The lowest BCUT2D eigenvalue weighted by atomic mass is 9.95. The molecule has 66 heavy (non-hydrogen) atoms. The fraction of sp³-hybridized carbons (Fsp3) is 0.0357. The number of nitrogens with zero attached hydrogens (tertiary/aromatic N) is 4. The van der Waals surface area contributed by atoms with Gasteiger partial charge in [0.2, 0.25) is 0 Å². The van der Waals surface area contributed by atoms with Crippen LogP contribution in [0.1, 0.15) is 11.1 Å². The second-order valence-corrected chi connectivity index (χ2v) is 16.4. The van der Waals surface area contributed by atoms with Crippen molar-refractivity contribution in [2.75, 3.05) is 0 Å². The van der Waals surface area contributed by atoms with Crippen LogP contribution in [0.5, 0.6) is 0 Å². The zero-order valence-corrected chi connectivity index (χ0v) is 34.5. The SMILES string of the molecule is FC(F)(F)c1cc(-c2nc(-c3ccc(-n4c5ccccc5c5c(-c6cccc7c6c6ccccc6n7-c6ccccc6)cccc54)cc3)nc3c2ccc2ccccc23)cc(C(F)(F)F)c1. The number of fused-ring (bicyclic) bond motifs is 9. The topological polar surface area (TPSA) is 35.6 Å². The second kappa shape index (κ2) is 14.6. The summed E-state index contributed by atoms with van der Waals surface area (Å²) in [5.41, 5.74) is 5.97. The lowest BCUT2D eigenvalue weighted by Crippen LogP contribution is -2.11. The van der Waals surface area contributed by atoms with Crippen molar-refractivity contribution in [3.8, 4) is 45.1 Å². The first-order chi connectivity index (χ1) is 32.0. The van der Waals surface area contributed by atoms with Crippen LogP contribution in [-0.2, 0) is 12.4 Å². The van der Waals surface area contributed by atoms with Crippen molar-refractivity contribution in [3.05, 3.63) is 205 Å². The predicted molar refractivity (Wildman–Crippen MR) is 252 cm³/mol. The summed E-state index contributed by atoms with van der Waals surface area (Å²) in [6.07, 6.45) is -10.1. The van der Waals surface area contributed by atoms with Crippen LogP contribution in [0.15, 0.2) is 194 Å². The van der Waals surface area contributed by atoms with E-state index in [0.29, 0.717) is 21.9 Å². The smallest absolute Gasteiger partial charge is 0.309 e. The predicted octanol–water partition coefficient (Wildman–Crippen LogP) is 16.0. The number of aromatic nitrogens is 4. The summed E-state index contributed by atoms with van der Waals surface area (Å²) in [4.78, 5) is 9.69. The van der Waals surface area contributed by atoms with Gasteiger partial charge in [-0.25, -0.2) is 9.97 Å². The molecule has 12 aromatic rings. The maximum Gasteiger partial charge on any atom is 0.416 e. The van der Waals surface area contributed by atoms with Gasteiger partial charge in [0, 0.05) is 54.8 Å². The van der Waals surface area contributed by atoms with Crippen molar-refractivity contribution in [2.45, 2.75) is 12.4 Å². The molecule has 0 amide bonds. The fourth-order valence-corrected chi connectivity index (χ4v) is 9.69. The van der Waals surface area contributed by atoms with E-state index in [0.717, 1.165) is 83.6 Å². The van der Waals surface area contributed by atoms with Crippen molar-refractivity contribution in [1.29, 1.82) is 0 Å². The van der Waals surface area contributed by atoms with Crippen LogP contribution in [0.25, 0.3) is 110 Å². The van der Waals surface area contributed by atoms with Crippen LogP contribution in [0, 0.1) is 0 Å². The van der Waals surface area contributed by atoms with E-state index in [1.54, 1.807) is 12.1 Å². The minimum atomic E-state index is -5.03. The Bertz CT molecular complexity index is 3870. The number of rotatable bonds is 5. The van der Waals surface area contributed by atoms with Gasteiger partial charge in [-0.3, -0.25) is 0 Å². The second-order valence-electron chi connectivity index (χ2n) is 16.4. The summed E-state index contributed by atoms with van der Waals surface area (Å²) >= 11 is 0. The highest BCUT2D eigenvalue weighted by Gasteiger charge is 2.37. The van der Waals surface area contributed by atoms with E-state index in [1.807, 2.05) is 78.9 Å². The molecule has 0 bridgehead atoms. The van der Waals surface area contributed by atoms with E-state index in [-0.39, 0.29) is 23.1 Å². The van der Waals surface area contributed by atoms with Crippen LogP contribution in [0.3, 0.4) is 0 Å². The third-order valence-electron chi connectivity index (χ3n) is 12.5. The van der Waals surface area contributed by atoms with Crippen molar-refractivity contribution in [2.24, 2.45) is 0 Å². The Morgan fingerprint density at radius 3 is 1.44 bits per heavy atom. The molecule has 0 aliphatic heterocycles. The number of hydrogen-bond acceptors (Lipinski definition) is 2. The molecule has 0 spiro atoms. The molecule has 0 atom stereocenters. The first kappa shape index (κ1) is 39.4. The summed E-state index contributed by atoms with van der Waals surface area (Å²) in [6, 6.07) is 59.8. The quantitative estimate of drug-likeness (QED) is 0.128. The summed E-state index contributed by atoms with van der Waals surface area (Å²) in [5.74, 6) is 0.152. The maximum atomic E-state index is 14.2. The minimum Gasteiger partial charge on any atom is -0.309 e. The normalized spacial score (nSPS) is 12.4. The molecular weight excluding hydrogens is 843 g/mol. The lowest BCUT2D eigenvalue weighted by molar-refractivity contribution is -0.143. The summed E-state index contributed by atoms with van der Waals surface area (Å²) in [6.45, 7) is 0. The van der Waals surface area contributed by atoms with E-state index in [4.69, 9.17) is 9.97 Å². The molecule has 0 N–H and O–H groups in total. The maximum absolute atomic E-state index is 14.2. The molecule has 10 heteroatoms. The molecule has 0 aliphatic rings. The highest BCUT2D eigenvalue weighted by atomic mass is 19.4. The largest absolute Gasteiger partial charge is 0.416 e. The van der Waals surface area contributed by atoms with Crippen LogP contribution >= 0.6 is 0 Å². The zero-order valence-electron chi connectivity index (χ0n) is 34.5. The Morgan fingerprint density at radius 1 is 0.364 bits per heavy atom. The molecule has 0 saturated carbocycles. The summed E-state index contributed by atoms with van der Waals surface area (Å²) < 4.78 is 89.4. The van der Waals surface area contributed by atoms with Gasteiger partial charge in [-0.05, 0) is 101 Å². The first-order valence-corrected chi connectivity index (χ1v) is 21.2. The van der Waals surface area contributed by atoms with Gasteiger partial charge < -0.3 is 9.13 Å². The molecule has 318 valence electrons. The monoisotopic (exact) mass is 874 g/mol. The van der Waals surface area contributed by atoms with Crippen LogP contribution < -0.4 is 0 Å². The molecule has 3 heterocycles.